The molecule has 0 aromatic carbocycles. The Labute approximate surface area is 74.5 Å². The van der Waals surface area contributed by atoms with Crippen molar-refractivity contribution in [1.29, 1.82) is 0 Å². The van der Waals surface area contributed by atoms with Gasteiger partial charge in [0.25, 0.3) is 0 Å². The van der Waals surface area contributed by atoms with Crippen LogP contribution in [0.2, 0.25) is 0 Å². The van der Waals surface area contributed by atoms with E-state index < -0.39 is 9.84 Å². The summed E-state index contributed by atoms with van der Waals surface area (Å²) >= 11 is 0. The summed E-state index contributed by atoms with van der Waals surface area (Å²) in [7, 11) is -2.75. The standard InChI is InChI=1S/C8H17NO2S/c1-12(10,11)7-3-6-9-8-4-2-5-8/h8-9H,2-7H2,1H3. The third kappa shape index (κ3) is 4.07. The molecule has 0 heterocycles. The van der Waals surface area contributed by atoms with Crippen LogP contribution in [0.1, 0.15) is 25.7 Å². The molecule has 0 saturated heterocycles. The highest BCUT2D eigenvalue weighted by molar-refractivity contribution is 7.90. The number of rotatable bonds is 5. The Balaban J connectivity index is 1.95. The van der Waals surface area contributed by atoms with Gasteiger partial charge in [-0.25, -0.2) is 8.42 Å². The molecule has 0 radical (unpaired) electrons. The van der Waals surface area contributed by atoms with E-state index >= 15 is 0 Å². The van der Waals surface area contributed by atoms with Gasteiger partial charge in [-0.05, 0) is 25.8 Å². The summed E-state index contributed by atoms with van der Waals surface area (Å²) in [5.74, 6) is 0.312. The van der Waals surface area contributed by atoms with Crippen LogP contribution in [-0.2, 0) is 9.84 Å². The Kier molecular flexibility index (Phi) is 3.53. The minimum absolute atomic E-state index is 0.312. The Bertz CT molecular complexity index is 219. The van der Waals surface area contributed by atoms with Crippen LogP contribution in [0.25, 0.3) is 0 Å². The summed E-state index contributed by atoms with van der Waals surface area (Å²) < 4.78 is 21.5. The van der Waals surface area contributed by atoms with E-state index in [1.54, 1.807) is 0 Å². The number of hydrogen-bond donors (Lipinski definition) is 1. The van der Waals surface area contributed by atoms with Gasteiger partial charge in [0.15, 0.2) is 0 Å². The van der Waals surface area contributed by atoms with Crippen LogP contribution in [0.3, 0.4) is 0 Å². The van der Waals surface area contributed by atoms with Crippen LogP contribution >= 0.6 is 0 Å². The minimum Gasteiger partial charge on any atom is -0.314 e. The van der Waals surface area contributed by atoms with Gasteiger partial charge < -0.3 is 5.32 Å². The molecule has 0 aliphatic heterocycles. The maximum Gasteiger partial charge on any atom is 0.147 e. The van der Waals surface area contributed by atoms with Crippen molar-refractivity contribution in [3.63, 3.8) is 0 Å². The van der Waals surface area contributed by atoms with Gasteiger partial charge in [0.1, 0.15) is 9.84 Å². The van der Waals surface area contributed by atoms with Crippen LogP contribution < -0.4 is 5.32 Å². The molecule has 3 nitrogen and oxygen atoms in total. The maximum absolute atomic E-state index is 10.7. The lowest BCUT2D eigenvalue weighted by molar-refractivity contribution is 0.341. The third-order valence-corrected chi connectivity index (χ3v) is 3.26. The lowest BCUT2D eigenvalue weighted by atomic mass is 9.93. The second-order valence-electron chi connectivity index (χ2n) is 3.57. The molecule has 0 aromatic heterocycles. The monoisotopic (exact) mass is 191 g/mol. The van der Waals surface area contributed by atoms with Crippen molar-refractivity contribution in [3.05, 3.63) is 0 Å². The van der Waals surface area contributed by atoms with Gasteiger partial charge in [-0.1, -0.05) is 6.42 Å². The first-order chi connectivity index (χ1) is 5.58. The van der Waals surface area contributed by atoms with E-state index in [0.717, 1.165) is 13.0 Å². The molecule has 1 aliphatic rings. The molecule has 0 unspecified atom stereocenters. The van der Waals surface area contributed by atoms with E-state index in [9.17, 15) is 8.42 Å². The SMILES string of the molecule is CS(=O)(=O)CCCNC1CCC1. The van der Waals surface area contributed by atoms with E-state index in [0.29, 0.717) is 11.8 Å². The van der Waals surface area contributed by atoms with Crippen LogP contribution in [-0.4, -0.2) is 33.0 Å². The van der Waals surface area contributed by atoms with E-state index in [2.05, 4.69) is 5.32 Å². The highest BCUT2D eigenvalue weighted by Crippen LogP contribution is 2.17. The average Bonchev–Trinajstić information content (AvgIpc) is 1.80. The predicted molar refractivity (Wildman–Crippen MR) is 50.0 cm³/mol. The van der Waals surface area contributed by atoms with Crippen LogP contribution in [0.15, 0.2) is 0 Å². The minimum atomic E-state index is -2.75. The first kappa shape index (κ1) is 9.99. The van der Waals surface area contributed by atoms with Crippen molar-refractivity contribution in [2.45, 2.75) is 31.7 Å². The molecule has 0 amide bonds. The smallest absolute Gasteiger partial charge is 0.147 e. The molecule has 4 heteroatoms. The molecule has 12 heavy (non-hydrogen) atoms. The fourth-order valence-corrected chi connectivity index (χ4v) is 1.92. The Morgan fingerprint density at radius 2 is 2.08 bits per heavy atom. The highest BCUT2D eigenvalue weighted by atomic mass is 32.2. The lowest BCUT2D eigenvalue weighted by Crippen LogP contribution is -2.36. The largest absolute Gasteiger partial charge is 0.314 e. The van der Waals surface area contributed by atoms with Gasteiger partial charge in [-0.2, -0.15) is 0 Å². The molecule has 1 rings (SSSR count). The van der Waals surface area contributed by atoms with Crippen LogP contribution in [0.5, 0.6) is 0 Å². The molecule has 0 aromatic rings. The Hall–Kier alpha value is -0.0900. The Morgan fingerprint density at radius 3 is 2.50 bits per heavy atom. The normalized spacial score (nSPS) is 19.1. The number of hydrogen-bond acceptors (Lipinski definition) is 3. The summed E-state index contributed by atoms with van der Waals surface area (Å²) in [5.41, 5.74) is 0. The fraction of sp³-hybridized carbons (Fsp3) is 1.00. The fourth-order valence-electron chi connectivity index (χ4n) is 1.25. The summed E-state index contributed by atoms with van der Waals surface area (Å²) in [6.07, 6.45) is 5.88. The molecule has 0 spiro atoms. The molecule has 0 atom stereocenters. The molecular weight excluding hydrogens is 174 g/mol. The Morgan fingerprint density at radius 1 is 1.42 bits per heavy atom. The second-order valence-corrected chi connectivity index (χ2v) is 5.83. The molecule has 1 aliphatic carbocycles. The van der Waals surface area contributed by atoms with Gasteiger partial charge in [0.05, 0.1) is 5.75 Å². The molecule has 0 bridgehead atoms. The lowest BCUT2D eigenvalue weighted by Gasteiger charge is -2.26. The van der Waals surface area contributed by atoms with Gasteiger partial charge in [-0.3, -0.25) is 0 Å². The first-order valence-electron chi connectivity index (χ1n) is 4.49. The van der Waals surface area contributed by atoms with E-state index in [1.807, 2.05) is 0 Å². The van der Waals surface area contributed by atoms with Crippen LogP contribution in [0, 0.1) is 0 Å². The second kappa shape index (κ2) is 4.23. The maximum atomic E-state index is 10.7. The highest BCUT2D eigenvalue weighted by Gasteiger charge is 2.15. The molecule has 1 saturated carbocycles. The predicted octanol–water partition coefficient (Wildman–Crippen LogP) is 0.563. The van der Waals surface area contributed by atoms with Crippen molar-refractivity contribution < 1.29 is 8.42 Å². The van der Waals surface area contributed by atoms with E-state index in [-0.39, 0.29) is 0 Å². The summed E-state index contributed by atoms with van der Waals surface area (Å²) in [6, 6.07) is 0.671. The topological polar surface area (TPSA) is 46.2 Å². The molecule has 72 valence electrons. The van der Waals surface area contributed by atoms with Crippen molar-refractivity contribution in [2.75, 3.05) is 18.6 Å². The number of sulfone groups is 1. The first-order valence-corrected chi connectivity index (χ1v) is 6.55. The van der Waals surface area contributed by atoms with Gasteiger partial charge in [0.2, 0.25) is 0 Å². The van der Waals surface area contributed by atoms with E-state index in [1.165, 1.54) is 25.5 Å². The van der Waals surface area contributed by atoms with Gasteiger partial charge in [-0.15, -0.1) is 0 Å². The zero-order chi connectivity index (χ0) is 9.03. The van der Waals surface area contributed by atoms with Crippen molar-refractivity contribution >= 4 is 9.84 Å². The third-order valence-electron chi connectivity index (χ3n) is 2.23. The van der Waals surface area contributed by atoms with Crippen LogP contribution in [0.4, 0.5) is 0 Å². The quantitative estimate of drug-likeness (QED) is 0.646. The van der Waals surface area contributed by atoms with Gasteiger partial charge in [0, 0.05) is 12.3 Å². The van der Waals surface area contributed by atoms with Crippen molar-refractivity contribution in [1.82, 2.24) is 5.32 Å². The molecule has 1 fully saturated rings. The summed E-state index contributed by atoms with van der Waals surface area (Å²) in [6.45, 7) is 0.845. The summed E-state index contributed by atoms with van der Waals surface area (Å²) in [4.78, 5) is 0. The zero-order valence-electron chi connectivity index (χ0n) is 7.54. The van der Waals surface area contributed by atoms with Crippen molar-refractivity contribution in [2.24, 2.45) is 0 Å². The molecule has 1 N–H and O–H groups in total. The average molecular weight is 191 g/mol. The van der Waals surface area contributed by atoms with Gasteiger partial charge >= 0.3 is 0 Å². The summed E-state index contributed by atoms with van der Waals surface area (Å²) in [5, 5.41) is 3.33. The van der Waals surface area contributed by atoms with E-state index in [4.69, 9.17) is 0 Å². The number of nitrogens with one attached hydrogen (secondary N) is 1. The molecular formula is C8H17NO2S. The van der Waals surface area contributed by atoms with Crippen molar-refractivity contribution in [3.8, 4) is 0 Å². The zero-order valence-corrected chi connectivity index (χ0v) is 8.36.